The van der Waals surface area contributed by atoms with Gasteiger partial charge in [0.05, 0.1) is 13.0 Å². The third-order valence-electron chi connectivity index (χ3n) is 3.34. The Kier molecular flexibility index (Phi) is 6.85. The first-order chi connectivity index (χ1) is 9.99. The fraction of sp³-hybridized carbons (Fsp3) is 0.500. The summed E-state index contributed by atoms with van der Waals surface area (Å²) in [6.07, 6.45) is 0.931. The number of ether oxygens (including phenoxy) is 1. The van der Waals surface area contributed by atoms with Crippen molar-refractivity contribution in [2.45, 2.75) is 39.7 Å². The Balaban J connectivity index is 2.79. The third kappa shape index (κ3) is 5.17. The first kappa shape index (κ1) is 17.1. The van der Waals surface area contributed by atoms with Gasteiger partial charge in [-0.2, -0.15) is 0 Å². The zero-order valence-electron chi connectivity index (χ0n) is 12.8. The van der Waals surface area contributed by atoms with Crippen molar-refractivity contribution < 1.29 is 18.7 Å². The largest absolute Gasteiger partial charge is 0.466 e. The number of carbonyl (C=O) groups is 2. The SMILES string of the molecule is CCOC(=O)CCN(C(=O)c1ccc(F)cc1)C(C)CC. The van der Waals surface area contributed by atoms with E-state index >= 15 is 0 Å². The molecule has 0 saturated carbocycles. The van der Waals surface area contributed by atoms with E-state index in [1.165, 1.54) is 24.3 Å². The Morgan fingerprint density at radius 3 is 2.38 bits per heavy atom. The first-order valence-corrected chi connectivity index (χ1v) is 7.21. The number of hydrogen-bond donors (Lipinski definition) is 0. The van der Waals surface area contributed by atoms with Gasteiger partial charge in [-0.3, -0.25) is 9.59 Å². The molecule has 1 atom stereocenters. The Morgan fingerprint density at radius 2 is 1.86 bits per heavy atom. The number of amides is 1. The van der Waals surface area contributed by atoms with Crippen molar-refractivity contribution in [2.75, 3.05) is 13.2 Å². The Hall–Kier alpha value is -1.91. The van der Waals surface area contributed by atoms with Gasteiger partial charge in [0.2, 0.25) is 0 Å². The maximum Gasteiger partial charge on any atom is 0.307 e. The lowest BCUT2D eigenvalue weighted by molar-refractivity contribution is -0.143. The predicted octanol–water partition coefficient (Wildman–Crippen LogP) is 3.02. The van der Waals surface area contributed by atoms with E-state index in [1.54, 1.807) is 11.8 Å². The highest BCUT2D eigenvalue weighted by atomic mass is 19.1. The second-order valence-electron chi connectivity index (χ2n) is 4.82. The summed E-state index contributed by atoms with van der Waals surface area (Å²) in [6, 6.07) is 5.42. The molecule has 5 heteroatoms. The van der Waals surface area contributed by atoms with Gasteiger partial charge in [-0.05, 0) is 44.5 Å². The molecular weight excluding hydrogens is 273 g/mol. The van der Waals surface area contributed by atoms with Crippen LogP contribution in [0.3, 0.4) is 0 Å². The zero-order chi connectivity index (χ0) is 15.8. The summed E-state index contributed by atoms with van der Waals surface area (Å²) < 4.78 is 17.8. The van der Waals surface area contributed by atoms with Crippen molar-refractivity contribution in [1.29, 1.82) is 0 Å². The molecule has 0 aromatic heterocycles. The van der Waals surface area contributed by atoms with E-state index in [-0.39, 0.29) is 30.2 Å². The van der Waals surface area contributed by atoms with Gasteiger partial charge in [-0.1, -0.05) is 6.92 Å². The maximum absolute atomic E-state index is 12.9. The number of carbonyl (C=O) groups excluding carboxylic acids is 2. The lowest BCUT2D eigenvalue weighted by Crippen LogP contribution is -2.39. The average molecular weight is 295 g/mol. The van der Waals surface area contributed by atoms with Crippen molar-refractivity contribution in [3.8, 4) is 0 Å². The standard InChI is InChI=1S/C16H22FNO3/c1-4-12(3)18(11-10-15(19)21-5-2)16(20)13-6-8-14(17)9-7-13/h6-9,12H,4-5,10-11H2,1-3H3. The Labute approximate surface area is 124 Å². The fourth-order valence-corrected chi connectivity index (χ4v) is 1.95. The molecule has 0 spiro atoms. The molecule has 1 unspecified atom stereocenters. The van der Waals surface area contributed by atoms with E-state index in [1.807, 2.05) is 13.8 Å². The smallest absolute Gasteiger partial charge is 0.307 e. The van der Waals surface area contributed by atoms with Gasteiger partial charge in [-0.15, -0.1) is 0 Å². The molecule has 4 nitrogen and oxygen atoms in total. The van der Waals surface area contributed by atoms with E-state index in [9.17, 15) is 14.0 Å². The molecule has 1 aromatic rings. The molecule has 0 fully saturated rings. The molecule has 0 aliphatic rings. The van der Waals surface area contributed by atoms with Crippen LogP contribution in [0, 0.1) is 5.82 Å². The molecule has 1 amide bonds. The molecule has 0 N–H and O–H groups in total. The predicted molar refractivity (Wildman–Crippen MR) is 78.4 cm³/mol. The minimum absolute atomic E-state index is 0.00280. The van der Waals surface area contributed by atoms with E-state index in [0.29, 0.717) is 18.7 Å². The highest BCUT2D eigenvalue weighted by Gasteiger charge is 2.21. The zero-order valence-corrected chi connectivity index (χ0v) is 12.8. The molecule has 21 heavy (non-hydrogen) atoms. The van der Waals surface area contributed by atoms with Crippen molar-refractivity contribution in [2.24, 2.45) is 0 Å². The maximum atomic E-state index is 12.9. The summed E-state index contributed by atoms with van der Waals surface area (Å²) >= 11 is 0. The summed E-state index contributed by atoms with van der Waals surface area (Å²) in [6.45, 7) is 6.26. The van der Waals surface area contributed by atoms with Gasteiger partial charge in [-0.25, -0.2) is 4.39 Å². The number of halogens is 1. The molecular formula is C16H22FNO3. The molecule has 1 aromatic carbocycles. The normalized spacial score (nSPS) is 11.8. The minimum atomic E-state index is -0.381. The quantitative estimate of drug-likeness (QED) is 0.726. The Bertz CT molecular complexity index is 473. The number of esters is 1. The van der Waals surface area contributed by atoms with Crippen molar-refractivity contribution in [1.82, 2.24) is 4.90 Å². The number of rotatable bonds is 7. The topological polar surface area (TPSA) is 46.6 Å². The van der Waals surface area contributed by atoms with E-state index in [4.69, 9.17) is 4.74 Å². The molecule has 1 rings (SSSR count). The first-order valence-electron chi connectivity index (χ1n) is 7.21. The summed E-state index contributed by atoms with van der Waals surface area (Å²) in [5.41, 5.74) is 0.417. The summed E-state index contributed by atoms with van der Waals surface area (Å²) in [4.78, 5) is 25.6. The van der Waals surface area contributed by atoms with E-state index < -0.39 is 0 Å². The molecule has 0 radical (unpaired) electrons. The monoisotopic (exact) mass is 295 g/mol. The highest BCUT2D eigenvalue weighted by molar-refractivity contribution is 5.94. The van der Waals surface area contributed by atoms with Gasteiger partial charge in [0.25, 0.3) is 5.91 Å². The van der Waals surface area contributed by atoms with Crippen LogP contribution in [0.5, 0.6) is 0 Å². The lowest BCUT2D eigenvalue weighted by Gasteiger charge is -2.28. The fourth-order valence-electron chi connectivity index (χ4n) is 1.95. The van der Waals surface area contributed by atoms with Crippen LogP contribution in [0.2, 0.25) is 0 Å². The third-order valence-corrected chi connectivity index (χ3v) is 3.34. The van der Waals surface area contributed by atoms with Crippen molar-refractivity contribution in [3.63, 3.8) is 0 Å². The van der Waals surface area contributed by atoms with Crippen LogP contribution >= 0.6 is 0 Å². The van der Waals surface area contributed by atoms with E-state index in [0.717, 1.165) is 6.42 Å². The molecule has 0 bridgehead atoms. The second kappa shape index (κ2) is 8.39. The number of hydrogen-bond acceptors (Lipinski definition) is 3. The van der Waals surface area contributed by atoms with Gasteiger partial charge in [0, 0.05) is 18.2 Å². The number of nitrogens with zero attached hydrogens (tertiary/aromatic N) is 1. The van der Waals surface area contributed by atoms with E-state index in [2.05, 4.69) is 0 Å². The summed E-state index contributed by atoms with van der Waals surface area (Å²) in [5, 5.41) is 0. The number of benzene rings is 1. The van der Waals surface area contributed by atoms with Gasteiger partial charge >= 0.3 is 5.97 Å². The second-order valence-corrected chi connectivity index (χ2v) is 4.82. The van der Waals surface area contributed by atoms with Crippen LogP contribution in [-0.4, -0.2) is 36.0 Å². The summed E-state index contributed by atoms with van der Waals surface area (Å²) in [7, 11) is 0. The van der Waals surface area contributed by atoms with Crippen molar-refractivity contribution >= 4 is 11.9 Å². The summed E-state index contributed by atoms with van der Waals surface area (Å²) in [5.74, 6) is -0.903. The van der Waals surface area contributed by atoms with Crippen LogP contribution in [0.4, 0.5) is 4.39 Å². The van der Waals surface area contributed by atoms with Gasteiger partial charge in [0.15, 0.2) is 0 Å². The molecule has 0 aliphatic carbocycles. The van der Waals surface area contributed by atoms with Gasteiger partial charge < -0.3 is 9.64 Å². The molecule has 0 heterocycles. The van der Waals surface area contributed by atoms with Crippen LogP contribution in [0.25, 0.3) is 0 Å². The highest BCUT2D eigenvalue weighted by Crippen LogP contribution is 2.12. The van der Waals surface area contributed by atoms with Crippen LogP contribution in [0.1, 0.15) is 44.0 Å². The van der Waals surface area contributed by atoms with Crippen molar-refractivity contribution in [3.05, 3.63) is 35.6 Å². The lowest BCUT2D eigenvalue weighted by atomic mass is 10.1. The molecule has 0 aliphatic heterocycles. The Morgan fingerprint density at radius 1 is 1.24 bits per heavy atom. The molecule has 116 valence electrons. The van der Waals surface area contributed by atoms with Gasteiger partial charge in [0.1, 0.15) is 5.82 Å². The molecule has 0 saturated heterocycles. The van der Waals surface area contributed by atoms with Crippen LogP contribution < -0.4 is 0 Å². The minimum Gasteiger partial charge on any atom is -0.466 e. The average Bonchev–Trinajstić information content (AvgIpc) is 2.47. The van der Waals surface area contributed by atoms with Crippen LogP contribution in [0.15, 0.2) is 24.3 Å². The van der Waals surface area contributed by atoms with Crippen LogP contribution in [-0.2, 0) is 9.53 Å².